The van der Waals surface area contributed by atoms with Crippen LogP contribution in [-0.4, -0.2) is 6.09 Å². The summed E-state index contributed by atoms with van der Waals surface area (Å²) in [6.45, 7) is 0.227. The lowest BCUT2D eigenvalue weighted by atomic mass is 10.1. The number of ether oxygens (including phenoxy) is 1. The monoisotopic (exact) mass is 365 g/mol. The number of anilines is 1. The van der Waals surface area contributed by atoms with E-state index in [4.69, 9.17) is 4.74 Å². The van der Waals surface area contributed by atoms with Crippen LogP contribution < -0.4 is 5.32 Å². The number of thiol groups is 1. The van der Waals surface area contributed by atoms with Crippen LogP contribution in [0.5, 0.6) is 0 Å². The van der Waals surface area contributed by atoms with Crippen LogP contribution in [0.3, 0.4) is 0 Å². The number of rotatable bonds is 3. The lowest BCUT2D eigenvalue weighted by Crippen LogP contribution is -2.13. The molecule has 1 heterocycles. The van der Waals surface area contributed by atoms with Crippen LogP contribution in [0.15, 0.2) is 71.6 Å². The van der Waals surface area contributed by atoms with Crippen molar-refractivity contribution in [2.75, 3.05) is 5.32 Å². The lowest BCUT2D eigenvalue weighted by Gasteiger charge is -2.07. The minimum Gasteiger partial charge on any atom is -0.444 e. The maximum absolute atomic E-state index is 12.0. The molecule has 5 heteroatoms. The Labute approximate surface area is 154 Å². The molecule has 3 nitrogen and oxygen atoms in total. The van der Waals surface area contributed by atoms with Crippen LogP contribution in [0.25, 0.3) is 20.2 Å². The maximum Gasteiger partial charge on any atom is 0.411 e. The van der Waals surface area contributed by atoms with Gasteiger partial charge in [-0.1, -0.05) is 48.5 Å². The van der Waals surface area contributed by atoms with Gasteiger partial charge in [-0.25, -0.2) is 4.79 Å². The molecule has 0 fully saturated rings. The van der Waals surface area contributed by atoms with E-state index >= 15 is 0 Å². The van der Waals surface area contributed by atoms with Gasteiger partial charge in [-0.2, -0.15) is 0 Å². The third-order valence-corrected chi connectivity index (χ3v) is 5.82. The smallest absolute Gasteiger partial charge is 0.411 e. The van der Waals surface area contributed by atoms with Gasteiger partial charge in [0.2, 0.25) is 0 Å². The summed E-state index contributed by atoms with van der Waals surface area (Å²) < 4.78 is 7.69. The first-order valence-electron chi connectivity index (χ1n) is 7.83. The molecule has 4 rings (SSSR count). The van der Waals surface area contributed by atoms with Gasteiger partial charge in [0.05, 0.1) is 0 Å². The van der Waals surface area contributed by atoms with Gasteiger partial charge in [0.25, 0.3) is 0 Å². The summed E-state index contributed by atoms with van der Waals surface area (Å²) in [5, 5.41) is 5.08. The first kappa shape index (κ1) is 16.0. The Morgan fingerprint density at radius 3 is 2.44 bits per heavy atom. The van der Waals surface area contributed by atoms with Crippen molar-refractivity contribution in [1.82, 2.24) is 0 Å². The molecular weight excluding hydrogens is 350 g/mol. The first-order valence-corrected chi connectivity index (χ1v) is 9.09. The predicted octanol–water partition coefficient (Wildman–Crippen LogP) is 6.09. The number of thiophene rings is 1. The summed E-state index contributed by atoms with van der Waals surface area (Å²) in [5.74, 6) is 0. The number of fused-ring (bicyclic) bond motifs is 3. The van der Waals surface area contributed by atoms with Gasteiger partial charge in [0.15, 0.2) is 0 Å². The van der Waals surface area contributed by atoms with Gasteiger partial charge in [0, 0.05) is 36.3 Å². The fourth-order valence-corrected chi connectivity index (χ4v) is 4.35. The SMILES string of the molecule is O=C(Nc1ccccc1)OCc1cccc2c1sc1c(S)cccc12. The molecule has 0 unspecified atom stereocenters. The molecule has 0 aliphatic carbocycles. The molecule has 1 aromatic heterocycles. The van der Waals surface area contributed by atoms with Crippen molar-refractivity contribution in [3.8, 4) is 0 Å². The molecule has 25 heavy (non-hydrogen) atoms. The number of carbonyl (C=O) groups excluding carboxylic acids is 1. The fourth-order valence-electron chi connectivity index (χ4n) is 2.80. The average Bonchev–Trinajstić information content (AvgIpc) is 3.02. The highest BCUT2D eigenvalue weighted by molar-refractivity contribution is 7.80. The fraction of sp³-hybridized carbons (Fsp3) is 0.0500. The lowest BCUT2D eigenvalue weighted by molar-refractivity contribution is 0.155. The minimum absolute atomic E-state index is 0.227. The Kier molecular flexibility index (Phi) is 4.34. The number of carbonyl (C=O) groups is 1. The van der Waals surface area contributed by atoms with Gasteiger partial charge in [-0.05, 0) is 18.2 Å². The number of para-hydroxylation sites is 1. The Morgan fingerprint density at radius 2 is 1.64 bits per heavy atom. The zero-order chi connectivity index (χ0) is 17.2. The minimum atomic E-state index is -0.459. The van der Waals surface area contributed by atoms with Gasteiger partial charge in [-0.3, -0.25) is 5.32 Å². The van der Waals surface area contributed by atoms with E-state index in [2.05, 4.69) is 30.1 Å². The molecule has 124 valence electrons. The molecule has 0 saturated carbocycles. The summed E-state index contributed by atoms with van der Waals surface area (Å²) >= 11 is 6.23. The second-order valence-electron chi connectivity index (χ2n) is 5.62. The van der Waals surface area contributed by atoms with E-state index in [0.717, 1.165) is 19.9 Å². The van der Waals surface area contributed by atoms with Gasteiger partial charge >= 0.3 is 6.09 Å². The normalized spacial score (nSPS) is 10.9. The zero-order valence-electron chi connectivity index (χ0n) is 13.2. The average molecular weight is 365 g/mol. The molecule has 0 radical (unpaired) electrons. The molecular formula is C20H15NO2S2. The van der Waals surface area contributed by atoms with Crippen molar-refractivity contribution in [3.05, 3.63) is 72.3 Å². The van der Waals surface area contributed by atoms with Crippen molar-refractivity contribution >= 4 is 55.9 Å². The van der Waals surface area contributed by atoms with Crippen LogP contribution in [-0.2, 0) is 11.3 Å². The Hall–Kier alpha value is -2.50. The molecule has 0 spiro atoms. The molecule has 0 atom stereocenters. The highest BCUT2D eigenvalue weighted by atomic mass is 32.1. The third kappa shape index (κ3) is 3.21. The van der Waals surface area contributed by atoms with Gasteiger partial charge < -0.3 is 4.74 Å². The van der Waals surface area contributed by atoms with Crippen LogP contribution in [0, 0.1) is 0 Å². The molecule has 0 aliphatic rings. The van der Waals surface area contributed by atoms with Crippen molar-refractivity contribution in [1.29, 1.82) is 0 Å². The summed E-state index contributed by atoms with van der Waals surface area (Å²) in [6, 6.07) is 21.4. The molecule has 3 aromatic carbocycles. The van der Waals surface area contributed by atoms with Crippen LogP contribution in [0.1, 0.15) is 5.56 Å². The number of amides is 1. The van der Waals surface area contributed by atoms with E-state index < -0.39 is 6.09 Å². The van der Waals surface area contributed by atoms with Crippen molar-refractivity contribution in [2.45, 2.75) is 11.5 Å². The number of hydrogen-bond acceptors (Lipinski definition) is 4. The summed E-state index contributed by atoms with van der Waals surface area (Å²) in [5.41, 5.74) is 1.71. The number of benzene rings is 3. The second kappa shape index (κ2) is 6.78. The van der Waals surface area contributed by atoms with Crippen molar-refractivity contribution in [3.63, 3.8) is 0 Å². The largest absolute Gasteiger partial charge is 0.444 e. The van der Waals surface area contributed by atoms with E-state index in [9.17, 15) is 4.79 Å². The summed E-state index contributed by atoms with van der Waals surface area (Å²) in [6.07, 6.45) is -0.459. The van der Waals surface area contributed by atoms with E-state index in [1.165, 1.54) is 10.8 Å². The standard InChI is InChI=1S/C20H15NO2S2/c22-20(21-14-7-2-1-3-8-14)23-12-13-6-4-9-15-16-10-5-11-17(24)19(16)25-18(13)15/h1-11,24H,12H2,(H,21,22). The second-order valence-corrected chi connectivity index (χ2v) is 7.12. The number of hydrogen-bond donors (Lipinski definition) is 2. The van der Waals surface area contributed by atoms with Gasteiger partial charge in [0.1, 0.15) is 6.61 Å². The highest BCUT2D eigenvalue weighted by Crippen LogP contribution is 2.38. The number of nitrogens with one attached hydrogen (secondary N) is 1. The van der Waals surface area contributed by atoms with E-state index in [0.29, 0.717) is 5.69 Å². The van der Waals surface area contributed by atoms with Crippen LogP contribution in [0.2, 0.25) is 0 Å². The molecule has 1 N–H and O–H groups in total. The third-order valence-electron chi connectivity index (χ3n) is 3.96. The van der Waals surface area contributed by atoms with Gasteiger partial charge in [-0.15, -0.1) is 24.0 Å². The maximum atomic E-state index is 12.0. The van der Waals surface area contributed by atoms with Crippen LogP contribution >= 0.6 is 24.0 Å². The Bertz CT molecular complexity index is 1060. The van der Waals surface area contributed by atoms with Crippen molar-refractivity contribution in [2.24, 2.45) is 0 Å². The Balaban J connectivity index is 1.58. The molecule has 0 saturated heterocycles. The molecule has 0 aliphatic heterocycles. The quantitative estimate of drug-likeness (QED) is 0.431. The topological polar surface area (TPSA) is 38.3 Å². The molecule has 0 bridgehead atoms. The van der Waals surface area contributed by atoms with Crippen LogP contribution in [0.4, 0.5) is 10.5 Å². The summed E-state index contributed by atoms with van der Waals surface area (Å²) in [4.78, 5) is 13.0. The predicted molar refractivity (Wildman–Crippen MR) is 107 cm³/mol. The van der Waals surface area contributed by atoms with Crippen molar-refractivity contribution < 1.29 is 9.53 Å². The molecule has 4 aromatic rings. The zero-order valence-corrected chi connectivity index (χ0v) is 14.9. The van der Waals surface area contributed by atoms with E-state index in [1.54, 1.807) is 11.3 Å². The summed E-state index contributed by atoms with van der Waals surface area (Å²) in [7, 11) is 0. The molecule has 1 amide bonds. The van der Waals surface area contributed by atoms with E-state index in [1.807, 2.05) is 54.6 Å². The highest BCUT2D eigenvalue weighted by Gasteiger charge is 2.12. The first-order chi connectivity index (χ1) is 12.2. The van der Waals surface area contributed by atoms with E-state index in [-0.39, 0.29) is 6.61 Å². The Morgan fingerprint density at radius 1 is 0.920 bits per heavy atom.